The minimum Gasteiger partial charge on any atom is -0.459 e. The van der Waals surface area contributed by atoms with Gasteiger partial charge in [0.15, 0.2) is 37.2 Å². The van der Waals surface area contributed by atoms with Gasteiger partial charge in [-0.3, -0.25) is 4.79 Å². The van der Waals surface area contributed by atoms with Crippen LogP contribution in [-0.4, -0.2) is 98.7 Å². The lowest BCUT2D eigenvalue weighted by atomic mass is 9.80. The van der Waals surface area contributed by atoms with Gasteiger partial charge in [-0.25, -0.2) is 14.4 Å². The van der Waals surface area contributed by atoms with Gasteiger partial charge in [0, 0.05) is 6.92 Å². The van der Waals surface area contributed by atoms with E-state index in [-0.39, 0.29) is 23.3 Å². The molecule has 14 nitrogen and oxygen atoms in total. The molecule has 6 aromatic carbocycles. The number of esters is 4. The van der Waals surface area contributed by atoms with E-state index in [9.17, 15) is 19.2 Å². The molecule has 3 fully saturated rings. The molecule has 354 valence electrons. The van der Waals surface area contributed by atoms with Crippen molar-refractivity contribution in [2.75, 3.05) is 13.2 Å². The lowest BCUT2D eigenvalue weighted by molar-refractivity contribution is -0.302. The number of fused-ring (bicyclic) bond motifs is 1. The van der Waals surface area contributed by atoms with Crippen molar-refractivity contribution in [3.63, 3.8) is 0 Å². The Labute approximate surface area is 398 Å². The number of rotatable bonds is 16. The molecule has 6 aromatic rings. The monoisotopic (exact) mass is 934 g/mol. The van der Waals surface area contributed by atoms with Gasteiger partial charge in [-0.1, -0.05) is 146 Å². The Kier molecular flexibility index (Phi) is 14.7. The highest BCUT2D eigenvalue weighted by atomic mass is 16.8. The van der Waals surface area contributed by atoms with Gasteiger partial charge in [0.1, 0.15) is 36.6 Å². The number of hydrogen-bond acceptors (Lipinski definition) is 14. The predicted molar refractivity (Wildman–Crippen MR) is 246 cm³/mol. The summed E-state index contributed by atoms with van der Waals surface area (Å²) in [5, 5.41) is 0. The van der Waals surface area contributed by atoms with Gasteiger partial charge in [-0.15, -0.1) is 0 Å². The van der Waals surface area contributed by atoms with Crippen LogP contribution in [0.2, 0.25) is 0 Å². The number of carbonyl (C=O) groups is 4. The molecule has 0 amide bonds. The topological polar surface area (TPSA) is 161 Å². The molecule has 0 aliphatic carbocycles. The average molecular weight is 935 g/mol. The third-order valence-corrected chi connectivity index (χ3v) is 12.0. The molecule has 0 spiro atoms. The molecule has 0 aromatic heterocycles. The zero-order valence-corrected chi connectivity index (χ0v) is 37.7. The number of hydrogen-bond donors (Lipinski definition) is 0. The van der Waals surface area contributed by atoms with Gasteiger partial charge < -0.3 is 47.4 Å². The Morgan fingerprint density at radius 1 is 0.464 bits per heavy atom. The summed E-state index contributed by atoms with van der Waals surface area (Å²) in [6.07, 6.45) is -12.3. The molecule has 0 radical (unpaired) electrons. The molecule has 3 aliphatic heterocycles. The Balaban J connectivity index is 1.09. The highest BCUT2D eigenvalue weighted by Crippen LogP contribution is 2.43. The second-order valence-corrected chi connectivity index (χ2v) is 16.6. The van der Waals surface area contributed by atoms with Gasteiger partial charge in [-0.2, -0.15) is 0 Å². The van der Waals surface area contributed by atoms with Crippen molar-refractivity contribution in [3.05, 3.63) is 215 Å². The lowest BCUT2D eigenvalue weighted by Gasteiger charge is -2.44. The summed E-state index contributed by atoms with van der Waals surface area (Å²) in [6.45, 7) is 2.29. The van der Waals surface area contributed by atoms with Crippen LogP contribution in [0.3, 0.4) is 0 Å². The van der Waals surface area contributed by atoms with E-state index in [0.29, 0.717) is 0 Å². The first-order valence-electron chi connectivity index (χ1n) is 22.7. The molecule has 0 saturated carbocycles. The SMILES string of the molecule is CC(=O)O[C@@H]1[C@H](O[C@@H]2O[C@@H](COC(=O)c3ccccc3)[C@H](OC(=O)c3ccccc3)[C@H]2OC(=O)c2ccccc2)[C@H]2OC(C)O[C@H]2O[C@@H]1COC(c1ccccc1)(c1ccccc1)c1ccccc1. The fourth-order valence-corrected chi connectivity index (χ4v) is 8.88. The van der Waals surface area contributed by atoms with Crippen molar-refractivity contribution in [2.24, 2.45) is 0 Å². The van der Waals surface area contributed by atoms with E-state index in [4.69, 9.17) is 47.4 Å². The summed E-state index contributed by atoms with van der Waals surface area (Å²) < 4.78 is 63.9. The molecule has 69 heavy (non-hydrogen) atoms. The van der Waals surface area contributed by atoms with Gasteiger partial charge >= 0.3 is 23.9 Å². The van der Waals surface area contributed by atoms with E-state index >= 15 is 0 Å². The van der Waals surface area contributed by atoms with Crippen molar-refractivity contribution in [2.45, 2.75) is 81.0 Å². The molecule has 14 heteroatoms. The summed E-state index contributed by atoms with van der Waals surface area (Å²) in [7, 11) is 0. The molecule has 0 N–H and O–H groups in total. The van der Waals surface area contributed by atoms with Crippen molar-refractivity contribution in [1.29, 1.82) is 0 Å². The van der Waals surface area contributed by atoms with Crippen LogP contribution in [0.15, 0.2) is 182 Å². The maximum absolute atomic E-state index is 14.0. The first-order chi connectivity index (χ1) is 33.7. The maximum atomic E-state index is 14.0. The number of carbonyl (C=O) groups excluding carboxylic acids is 4. The standard InChI is InChI=1S/C55H50O14/c1-35(56)62-45-44(34-61-55(40-27-15-6-16-28-40,41-29-17-7-18-30-41)42-31-19-8-20-32-42)66-53-49(63-36(2)64-53)47(45)69-54-48(68-52(59)39-25-13-5-14-26-39)46(67-51(58)38-23-11-4-12-24-38)43(65-54)33-60-50(57)37-21-9-3-10-22-37/h3-32,36,43-49,53-54H,33-34H2,1-2H3/t36?,43-,44+,45-,46-,47-,48+,49+,53-,54-/m0/s1. The molecule has 0 bridgehead atoms. The second-order valence-electron chi connectivity index (χ2n) is 16.6. The first-order valence-corrected chi connectivity index (χ1v) is 22.7. The Morgan fingerprint density at radius 3 is 1.36 bits per heavy atom. The zero-order chi connectivity index (χ0) is 47.7. The van der Waals surface area contributed by atoms with Crippen molar-refractivity contribution in [1.82, 2.24) is 0 Å². The summed E-state index contributed by atoms with van der Waals surface area (Å²) in [4.78, 5) is 54.4. The summed E-state index contributed by atoms with van der Waals surface area (Å²) >= 11 is 0. The molecule has 3 saturated heterocycles. The second kappa shape index (κ2) is 21.5. The third kappa shape index (κ3) is 10.5. The minimum absolute atomic E-state index is 0.185. The van der Waals surface area contributed by atoms with Crippen LogP contribution in [0, 0.1) is 0 Å². The number of benzene rings is 6. The van der Waals surface area contributed by atoms with Crippen LogP contribution < -0.4 is 0 Å². The Hall–Kier alpha value is -7.04. The van der Waals surface area contributed by atoms with Crippen LogP contribution in [0.4, 0.5) is 0 Å². The van der Waals surface area contributed by atoms with Gasteiger partial charge in [-0.05, 0) is 60.0 Å². The highest BCUT2D eigenvalue weighted by molar-refractivity contribution is 5.91. The Morgan fingerprint density at radius 2 is 0.884 bits per heavy atom. The van der Waals surface area contributed by atoms with Crippen molar-refractivity contribution in [3.8, 4) is 0 Å². The summed E-state index contributed by atoms with van der Waals surface area (Å²) in [5.74, 6) is -2.91. The first kappa shape index (κ1) is 47.0. The molecular formula is C55H50O14. The minimum atomic E-state index is -1.56. The maximum Gasteiger partial charge on any atom is 0.338 e. The molecular weight excluding hydrogens is 885 g/mol. The van der Waals surface area contributed by atoms with Gasteiger partial charge in [0.2, 0.25) is 0 Å². The largest absolute Gasteiger partial charge is 0.459 e. The van der Waals surface area contributed by atoms with E-state index in [1.54, 1.807) is 97.9 Å². The number of ether oxygens (including phenoxy) is 10. The summed E-state index contributed by atoms with van der Waals surface area (Å²) in [5.41, 5.74) is 1.90. The van der Waals surface area contributed by atoms with E-state index in [2.05, 4.69) is 0 Å². The fourth-order valence-electron chi connectivity index (χ4n) is 8.88. The molecule has 9 rings (SSSR count). The smallest absolute Gasteiger partial charge is 0.338 e. The average Bonchev–Trinajstić information content (AvgIpc) is 3.92. The van der Waals surface area contributed by atoms with Crippen LogP contribution in [-0.2, 0) is 57.8 Å². The normalized spacial score (nSPS) is 25.2. The van der Waals surface area contributed by atoms with Crippen molar-refractivity contribution < 1.29 is 66.5 Å². The molecule has 1 unspecified atom stereocenters. The Bertz CT molecular complexity index is 2540. The molecule has 3 aliphatic rings. The van der Waals surface area contributed by atoms with E-state index in [1.165, 1.54) is 6.92 Å². The highest BCUT2D eigenvalue weighted by Gasteiger charge is 2.59. The fraction of sp³-hybridized carbons (Fsp3) is 0.273. The molecule has 3 heterocycles. The molecule has 10 atom stereocenters. The zero-order valence-electron chi connectivity index (χ0n) is 37.7. The predicted octanol–water partition coefficient (Wildman–Crippen LogP) is 7.83. The van der Waals surface area contributed by atoms with E-state index in [0.717, 1.165) is 16.7 Å². The van der Waals surface area contributed by atoms with Crippen LogP contribution in [0.1, 0.15) is 61.6 Å². The quantitative estimate of drug-likeness (QED) is 0.0525. The lowest BCUT2D eigenvalue weighted by Crippen LogP contribution is -2.61. The van der Waals surface area contributed by atoms with Gasteiger partial charge in [0.05, 0.1) is 23.3 Å². The third-order valence-electron chi connectivity index (χ3n) is 12.0. The van der Waals surface area contributed by atoms with Crippen molar-refractivity contribution >= 4 is 23.9 Å². The van der Waals surface area contributed by atoms with E-state index < -0.39 is 97.7 Å². The van der Waals surface area contributed by atoms with E-state index in [1.807, 2.05) is 91.0 Å². The summed E-state index contributed by atoms with van der Waals surface area (Å²) in [6, 6.07) is 54.0. The van der Waals surface area contributed by atoms with Crippen LogP contribution >= 0.6 is 0 Å². The van der Waals surface area contributed by atoms with Crippen LogP contribution in [0.25, 0.3) is 0 Å². The van der Waals surface area contributed by atoms with Crippen LogP contribution in [0.5, 0.6) is 0 Å². The van der Waals surface area contributed by atoms with Gasteiger partial charge in [0.25, 0.3) is 0 Å².